The van der Waals surface area contributed by atoms with Crippen molar-refractivity contribution in [3.63, 3.8) is 0 Å². The van der Waals surface area contributed by atoms with Gasteiger partial charge in [0, 0.05) is 23.2 Å². The van der Waals surface area contributed by atoms with Gasteiger partial charge in [-0.1, -0.05) is 24.3 Å². The van der Waals surface area contributed by atoms with E-state index in [1.807, 2.05) is 30.7 Å². The third kappa shape index (κ3) is 1.69. The van der Waals surface area contributed by atoms with E-state index in [2.05, 4.69) is 32.7 Å². The number of hydrogen-bond acceptors (Lipinski definition) is 3. The number of aromatic nitrogens is 3. The predicted octanol–water partition coefficient (Wildman–Crippen LogP) is 3.29. The Morgan fingerprint density at radius 3 is 2.91 bits per heavy atom. The lowest BCUT2D eigenvalue weighted by atomic mass is 9.78. The molecule has 23 heavy (non-hydrogen) atoms. The molecule has 2 aliphatic rings. The first-order valence-corrected chi connectivity index (χ1v) is 7.94. The summed E-state index contributed by atoms with van der Waals surface area (Å²) in [5.41, 5.74) is 5.26. The van der Waals surface area contributed by atoms with Gasteiger partial charge >= 0.3 is 0 Å². The van der Waals surface area contributed by atoms with Crippen molar-refractivity contribution in [3.8, 4) is 11.3 Å². The largest absolute Gasteiger partial charge is 0.322 e. The van der Waals surface area contributed by atoms with Gasteiger partial charge < -0.3 is 4.57 Å². The maximum atomic E-state index is 13.1. The lowest BCUT2D eigenvalue weighted by molar-refractivity contribution is 0.0870. The summed E-state index contributed by atoms with van der Waals surface area (Å²) in [6.07, 6.45) is 7.20. The van der Waals surface area contributed by atoms with Crippen LogP contribution in [0.4, 0.5) is 0 Å². The van der Waals surface area contributed by atoms with Crippen LogP contribution in [0.25, 0.3) is 11.3 Å². The summed E-state index contributed by atoms with van der Waals surface area (Å²) in [6.45, 7) is 0. The average Bonchev–Trinajstić information content (AvgIpc) is 3.17. The van der Waals surface area contributed by atoms with E-state index in [1.165, 1.54) is 11.1 Å². The first-order valence-electron chi connectivity index (χ1n) is 7.94. The van der Waals surface area contributed by atoms with Crippen molar-refractivity contribution in [2.45, 2.75) is 18.9 Å². The minimum atomic E-state index is -0.0525. The number of hydrogen-bond donors (Lipinski definition) is 0. The van der Waals surface area contributed by atoms with Crippen molar-refractivity contribution >= 4 is 5.78 Å². The Kier molecular flexibility index (Phi) is 2.56. The van der Waals surface area contributed by atoms with Crippen LogP contribution < -0.4 is 0 Å². The van der Waals surface area contributed by atoms with Crippen LogP contribution in [0, 0.1) is 5.92 Å². The quantitative estimate of drug-likeness (QED) is 0.693. The maximum Gasteiger partial charge on any atom is 0.170 e. The molecule has 0 amide bonds. The second-order valence-electron chi connectivity index (χ2n) is 6.23. The van der Waals surface area contributed by atoms with E-state index in [-0.39, 0.29) is 17.7 Å². The molecule has 0 N–H and O–H groups in total. The van der Waals surface area contributed by atoms with Gasteiger partial charge in [0.2, 0.25) is 0 Å². The van der Waals surface area contributed by atoms with Gasteiger partial charge in [0.25, 0.3) is 0 Å². The molecular weight excluding hydrogens is 286 g/mol. The second-order valence-corrected chi connectivity index (χ2v) is 6.23. The molecule has 3 aromatic rings. The van der Waals surface area contributed by atoms with Crippen molar-refractivity contribution in [3.05, 3.63) is 71.9 Å². The summed E-state index contributed by atoms with van der Waals surface area (Å²) < 4.78 is 2.16. The highest BCUT2D eigenvalue weighted by Crippen LogP contribution is 2.45. The first-order chi connectivity index (χ1) is 11.3. The lowest BCUT2D eigenvalue weighted by Crippen LogP contribution is -2.30. The molecule has 1 aliphatic carbocycles. The fraction of sp³-hybridized carbons (Fsp3) is 0.211. The van der Waals surface area contributed by atoms with Crippen molar-refractivity contribution in [1.29, 1.82) is 0 Å². The number of pyridine rings is 1. The summed E-state index contributed by atoms with van der Waals surface area (Å²) in [5, 5.41) is 0. The van der Waals surface area contributed by atoms with E-state index in [0.29, 0.717) is 0 Å². The zero-order valence-electron chi connectivity index (χ0n) is 12.5. The van der Waals surface area contributed by atoms with Crippen LogP contribution in [-0.2, 0) is 6.42 Å². The Morgan fingerprint density at radius 2 is 1.96 bits per heavy atom. The number of imidazole rings is 1. The van der Waals surface area contributed by atoms with Crippen molar-refractivity contribution in [2.24, 2.45) is 5.92 Å². The van der Waals surface area contributed by atoms with Gasteiger partial charge in [-0.25, -0.2) is 4.98 Å². The van der Waals surface area contributed by atoms with E-state index >= 15 is 0 Å². The molecule has 0 bridgehead atoms. The van der Waals surface area contributed by atoms with Crippen molar-refractivity contribution in [2.75, 3.05) is 0 Å². The zero-order valence-corrected chi connectivity index (χ0v) is 12.5. The molecule has 4 heteroatoms. The summed E-state index contributed by atoms with van der Waals surface area (Å²) in [7, 11) is 0. The molecule has 2 aromatic heterocycles. The Hall–Kier alpha value is -2.75. The van der Waals surface area contributed by atoms with E-state index in [1.54, 1.807) is 6.20 Å². The number of fused-ring (bicyclic) bond motifs is 4. The second kappa shape index (κ2) is 4.62. The number of carbonyl (C=O) groups excluding carboxylic acids is 1. The highest BCUT2D eigenvalue weighted by molar-refractivity contribution is 6.00. The fourth-order valence-corrected chi connectivity index (χ4v) is 4.07. The van der Waals surface area contributed by atoms with E-state index < -0.39 is 0 Å². The number of benzene rings is 1. The summed E-state index contributed by atoms with van der Waals surface area (Å²) in [4.78, 5) is 21.7. The highest BCUT2D eigenvalue weighted by atomic mass is 16.1. The van der Waals surface area contributed by atoms with Gasteiger partial charge in [-0.3, -0.25) is 9.78 Å². The molecule has 0 fully saturated rings. The number of aryl methyl sites for hydroxylation is 1. The van der Waals surface area contributed by atoms with E-state index in [0.717, 1.165) is 29.8 Å². The third-order valence-corrected chi connectivity index (χ3v) is 5.09. The van der Waals surface area contributed by atoms with Crippen LogP contribution in [0.1, 0.15) is 34.1 Å². The smallest absolute Gasteiger partial charge is 0.170 e. The van der Waals surface area contributed by atoms with Gasteiger partial charge in [0.1, 0.15) is 0 Å². The Labute approximate surface area is 133 Å². The molecule has 0 radical (unpaired) electrons. The summed E-state index contributed by atoms with van der Waals surface area (Å²) >= 11 is 0. The minimum absolute atomic E-state index is 0.0459. The topological polar surface area (TPSA) is 47.8 Å². The predicted molar refractivity (Wildman–Crippen MR) is 86.2 cm³/mol. The van der Waals surface area contributed by atoms with Crippen LogP contribution in [0.5, 0.6) is 0 Å². The summed E-state index contributed by atoms with van der Waals surface area (Å²) in [5.74, 6) is 0.156. The summed E-state index contributed by atoms with van der Waals surface area (Å²) in [6, 6.07) is 12.2. The fourth-order valence-electron chi connectivity index (χ4n) is 4.07. The Balaban J connectivity index is 1.65. The number of nitrogens with zero attached hydrogens (tertiary/aromatic N) is 3. The third-order valence-electron chi connectivity index (χ3n) is 5.09. The molecule has 2 unspecified atom stereocenters. The SMILES string of the molecule is O=C1c2cccnc2CCC1C1c2ccccc2-c2cncn21. The molecular formula is C19H15N3O. The molecule has 0 spiro atoms. The minimum Gasteiger partial charge on any atom is -0.322 e. The molecule has 112 valence electrons. The Morgan fingerprint density at radius 1 is 1.09 bits per heavy atom. The van der Waals surface area contributed by atoms with E-state index in [9.17, 15) is 4.79 Å². The highest BCUT2D eigenvalue weighted by Gasteiger charge is 2.40. The van der Waals surface area contributed by atoms with Gasteiger partial charge in [-0.05, 0) is 30.5 Å². The molecule has 1 aliphatic heterocycles. The van der Waals surface area contributed by atoms with Crippen LogP contribution in [0.3, 0.4) is 0 Å². The van der Waals surface area contributed by atoms with Crippen molar-refractivity contribution < 1.29 is 4.79 Å². The molecule has 1 aromatic carbocycles. The number of Topliss-reactive ketones (excluding diaryl/α,β-unsaturated/α-hetero) is 1. The number of carbonyl (C=O) groups is 1. The number of rotatable bonds is 1. The van der Waals surface area contributed by atoms with Crippen molar-refractivity contribution in [1.82, 2.24) is 14.5 Å². The van der Waals surface area contributed by atoms with Crippen LogP contribution in [0.2, 0.25) is 0 Å². The molecule has 3 heterocycles. The van der Waals surface area contributed by atoms with Gasteiger partial charge in [0.05, 0.1) is 30.0 Å². The Bertz CT molecular complexity index is 928. The van der Waals surface area contributed by atoms with Crippen LogP contribution in [0.15, 0.2) is 55.1 Å². The molecule has 0 saturated carbocycles. The van der Waals surface area contributed by atoms with Gasteiger partial charge in [0.15, 0.2) is 5.78 Å². The monoisotopic (exact) mass is 301 g/mol. The van der Waals surface area contributed by atoms with Crippen LogP contribution in [-0.4, -0.2) is 20.3 Å². The maximum absolute atomic E-state index is 13.1. The average molecular weight is 301 g/mol. The first kappa shape index (κ1) is 12.8. The molecule has 2 atom stereocenters. The number of ketones is 1. The van der Waals surface area contributed by atoms with Crippen LogP contribution >= 0.6 is 0 Å². The molecule has 4 nitrogen and oxygen atoms in total. The lowest BCUT2D eigenvalue weighted by Gasteiger charge is -2.29. The van der Waals surface area contributed by atoms with Gasteiger partial charge in [-0.15, -0.1) is 0 Å². The molecule has 5 rings (SSSR count). The van der Waals surface area contributed by atoms with Gasteiger partial charge in [-0.2, -0.15) is 0 Å². The normalized spacial score (nSPS) is 21.7. The van der Waals surface area contributed by atoms with E-state index in [4.69, 9.17) is 0 Å². The molecule has 0 saturated heterocycles. The zero-order chi connectivity index (χ0) is 15.4. The standard InChI is InChI=1S/C19H15N3O/c23-19-14-6-3-9-21-16(14)8-7-15(19)18-13-5-2-1-4-12(13)17-10-20-11-22(17)18/h1-6,9-11,15,18H,7-8H2.